The van der Waals surface area contributed by atoms with Crippen molar-refractivity contribution >= 4 is 17.7 Å². The zero-order chi connectivity index (χ0) is 20.4. The summed E-state index contributed by atoms with van der Waals surface area (Å²) in [7, 11) is 4.04. The molecule has 2 amide bonds. The number of rotatable bonds is 5. The lowest BCUT2D eigenvalue weighted by Crippen LogP contribution is -2.45. The van der Waals surface area contributed by atoms with Crippen LogP contribution >= 0.6 is 0 Å². The summed E-state index contributed by atoms with van der Waals surface area (Å²) in [6.07, 6.45) is 3.26. The molecule has 0 saturated heterocycles. The summed E-state index contributed by atoms with van der Waals surface area (Å²) in [4.78, 5) is 27.3. The van der Waals surface area contributed by atoms with Crippen LogP contribution in [0.3, 0.4) is 0 Å². The van der Waals surface area contributed by atoms with Crippen molar-refractivity contribution in [2.75, 3.05) is 25.5 Å². The molecule has 0 radical (unpaired) electrons. The van der Waals surface area contributed by atoms with Gasteiger partial charge in [0.25, 0.3) is 0 Å². The summed E-state index contributed by atoms with van der Waals surface area (Å²) in [6, 6.07) is 5.38. The molecular formula is C20H27N5O3. The highest BCUT2D eigenvalue weighted by Crippen LogP contribution is 2.39. The molecular weight excluding hydrogens is 358 g/mol. The van der Waals surface area contributed by atoms with Gasteiger partial charge in [-0.1, -0.05) is 6.07 Å². The maximum atomic E-state index is 12.2. The maximum absolute atomic E-state index is 12.2. The summed E-state index contributed by atoms with van der Waals surface area (Å²) < 4.78 is 1.89. The SMILES string of the molecule is CC(=O)N1c2ccc(-c3cnn(CCN(C)C)c3)cc2C(NC(=O)O)CC1C. The van der Waals surface area contributed by atoms with Crippen LogP contribution in [0.2, 0.25) is 0 Å². The molecule has 2 aromatic rings. The third-order valence-corrected chi connectivity index (χ3v) is 5.06. The number of hydrogen-bond acceptors (Lipinski definition) is 4. The Labute approximate surface area is 164 Å². The van der Waals surface area contributed by atoms with E-state index in [1.54, 1.807) is 4.90 Å². The van der Waals surface area contributed by atoms with E-state index in [4.69, 9.17) is 0 Å². The highest BCUT2D eigenvalue weighted by Gasteiger charge is 2.33. The summed E-state index contributed by atoms with van der Waals surface area (Å²) in [6.45, 7) is 5.15. The van der Waals surface area contributed by atoms with Gasteiger partial charge < -0.3 is 20.2 Å². The Morgan fingerprint density at radius 3 is 2.71 bits per heavy atom. The number of amides is 2. The van der Waals surface area contributed by atoms with Gasteiger partial charge in [-0.05, 0) is 50.7 Å². The molecule has 8 heteroatoms. The number of carbonyl (C=O) groups is 2. The largest absolute Gasteiger partial charge is 0.465 e. The number of nitrogens with zero attached hydrogens (tertiary/aromatic N) is 4. The molecule has 0 spiro atoms. The van der Waals surface area contributed by atoms with Crippen molar-refractivity contribution in [1.82, 2.24) is 20.0 Å². The summed E-state index contributed by atoms with van der Waals surface area (Å²) in [5.41, 5.74) is 3.48. The standard InChI is InChI=1S/C20H27N5O3/c1-13-9-18(22-20(27)28)17-10-15(5-6-19(17)25(13)14(2)26)16-11-21-24(12-16)8-7-23(3)4/h5-6,10-13,18,22H,7-9H2,1-4H3,(H,27,28). The van der Waals surface area contributed by atoms with Gasteiger partial charge in [-0.3, -0.25) is 9.48 Å². The van der Waals surface area contributed by atoms with Crippen LogP contribution in [-0.2, 0) is 11.3 Å². The first-order valence-corrected chi connectivity index (χ1v) is 9.37. The Hall–Kier alpha value is -2.87. The molecule has 0 aliphatic carbocycles. The predicted octanol–water partition coefficient (Wildman–Crippen LogP) is 2.57. The molecule has 150 valence electrons. The third kappa shape index (κ3) is 4.17. The summed E-state index contributed by atoms with van der Waals surface area (Å²) >= 11 is 0. The molecule has 1 aromatic carbocycles. The number of carbonyl (C=O) groups excluding carboxylic acids is 1. The van der Waals surface area contributed by atoms with Gasteiger partial charge in [0.2, 0.25) is 5.91 Å². The molecule has 3 rings (SSSR count). The topological polar surface area (TPSA) is 90.7 Å². The van der Waals surface area contributed by atoms with Crippen molar-refractivity contribution in [2.45, 2.75) is 38.9 Å². The molecule has 1 aliphatic rings. The molecule has 1 aliphatic heterocycles. The van der Waals surface area contributed by atoms with E-state index in [-0.39, 0.29) is 18.0 Å². The minimum absolute atomic E-state index is 0.0493. The fourth-order valence-electron chi connectivity index (χ4n) is 3.75. The average molecular weight is 385 g/mol. The minimum atomic E-state index is -1.07. The first-order chi connectivity index (χ1) is 13.3. The number of aromatic nitrogens is 2. The Balaban J connectivity index is 1.96. The number of benzene rings is 1. The first-order valence-electron chi connectivity index (χ1n) is 9.37. The first kappa shape index (κ1) is 19.9. The van der Waals surface area contributed by atoms with Gasteiger partial charge in [-0.15, -0.1) is 0 Å². The van der Waals surface area contributed by atoms with Gasteiger partial charge in [0.15, 0.2) is 0 Å². The molecule has 8 nitrogen and oxygen atoms in total. The Kier molecular flexibility index (Phi) is 5.69. The van der Waals surface area contributed by atoms with E-state index >= 15 is 0 Å². The van der Waals surface area contributed by atoms with Crippen molar-refractivity contribution in [3.8, 4) is 11.1 Å². The number of nitrogens with one attached hydrogen (secondary N) is 1. The number of likely N-dealkylation sites (N-methyl/N-ethyl adjacent to an activating group) is 1. The monoisotopic (exact) mass is 385 g/mol. The van der Waals surface area contributed by atoms with Crippen molar-refractivity contribution in [3.05, 3.63) is 36.2 Å². The van der Waals surface area contributed by atoms with Gasteiger partial charge in [0.1, 0.15) is 0 Å². The second-order valence-electron chi connectivity index (χ2n) is 7.54. The van der Waals surface area contributed by atoms with E-state index in [0.29, 0.717) is 6.42 Å². The van der Waals surface area contributed by atoms with Crippen LogP contribution in [0.25, 0.3) is 11.1 Å². The quantitative estimate of drug-likeness (QED) is 0.825. The van der Waals surface area contributed by atoms with Gasteiger partial charge >= 0.3 is 6.09 Å². The van der Waals surface area contributed by atoms with Crippen LogP contribution < -0.4 is 10.2 Å². The van der Waals surface area contributed by atoms with Crippen molar-refractivity contribution in [1.29, 1.82) is 0 Å². The van der Waals surface area contributed by atoms with Gasteiger partial charge in [0.05, 0.1) is 18.8 Å². The highest BCUT2D eigenvalue weighted by atomic mass is 16.4. The summed E-state index contributed by atoms with van der Waals surface area (Å²) in [5.74, 6) is -0.0493. The normalized spacial score (nSPS) is 18.8. The highest BCUT2D eigenvalue weighted by molar-refractivity contribution is 5.94. The number of hydrogen-bond donors (Lipinski definition) is 2. The zero-order valence-electron chi connectivity index (χ0n) is 16.7. The van der Waals surface area contributed by atoms with E-state index in [9.17, 15) is 14.7 Å². The maximum Gasteiger partial charge on any atom is 0.405 e. The van der Waals surface area contributed by atoms with Crippen LogP contribution in [-0.4, -0.2) is 58.5 Å². The lowest BCUT2D eigenvalue weighted by atomic mass is 9.89. The number of carboxylic acid groups (broad SMARTS) is 1. The second kappa shape index (κ2) is 8.02. The zero-order valence-corrected chi connectivity index (χ0v) is 16.7. The fourth-order valence-corrected chi connectivity index (χ4v) is 3.75. The van der Waals surface area contributed by atoms with Crippen LogP contribution in [0, 0.1) is 0 Å². The second-order valence-corrected chi connectivity index (χ2v) is 7.54. The van der Waals surface area contributed by atoms with Crippen LogP contribution in [0.5, 0.6) is 0 Å². The van der Waals surface area contributed by atoms with Gasteiger partial charge in [-0.25, -0.2) is 4.79 Å². The molecule has 2 heterocycles. The van der Waals surface area contributed by atoms with Crippen molar-refractivity contribution in [3.63, 3.8) is 0 Å². The molecule has 0 saturated carbocycles. The van der Waals surface area contributed by atoms with E-state index < -0.39 is 6.09 Å². The fraction of sp³-hybridized carbons (Fsp3) is 0.450. The predicted molar refractivity (Wildman–Crippen MR) is 107 cm³/mol. The van der Waals surface area contributed by atoms with E-state index in [1.807, 2.05) is 56.3 Å². The third-order valence-electron chi connectivity index (χ3n) is 5.06. The lowest BCUT2D eigenvalue weighted by molar-refractivity contribution is -0.117. The number of fused-ring (bicyclic) bond motifs is 1. The lowest BCUT2D eigenvalue weighted by Gasteiger charge is -2.39. The average Bonchev–Trinajstić information content (AvgIpc) is 3.08. The number of anilines is 1. The molecule has 2 unspecified atom stereocenters. The molecule has 28 heavy (non-hydrogen) atoms. The van der Waals surface area contributed by atoms with E-state index in [2.05, 4.69) is 15.3 Å². The molecule has 0 fully saturated rings. The van der Waals surface area contributed by atoms with Crippen LogP contribution in [0.1, 0.15) is 31.9 Å². The Morgan fingerprint density at radius 1 is 1.32 bits per heavy atom. The van der Waals surface area contributed by atoms with Crippen molar-refractivity contribution < 1.29 is 14.7 Å². The molecule has 1 aromatic heterocycles. The van der Waals surface area contributed by atoms with Gasteiger partial charge in [0, 0.05) is 37.0 Å². The van der Waals surface area contributed by atoms with Crippen molar-refractivity contribution in [2.24, 2.45) is 0 Å². The molecule has 2 atom stereocenters. The van der Waals surface area contributed by atoms with Crippen LogP contribution in [0.15, 0.2) is 30.6 Å². The smallest absolute Gasteiger partial charge is 0.405 e. The van der Waals surface area contributed by atoms with Gasteiger partial charge in [-0.2, -0.15) is 5.10 Å². The van der Waals surface area contributed by atoms with E-state index in [1.165, 1.54) is 6.92 Å². The Morgan fingerprint density at radius 2 is 2.07 bits per heavy atom. The van der Waals surface area contributed by atoms with E-state index in [0.717, 1.165) is 35.5 Å². The molecule has 2 N–H and O–H groups in total. The van der Waals surface area contributed by atoms with Crippen LogP contribution in [0.4, 0.5) is 10.5 Å². The summed E-state index contributed by atoms with van der Waals surface area (Å²) in [5, 5.41) is 16.2. The minimum Gasteiger partial charge on any atom is -0.465 e. The Bertz CT molecular complexity index is 876. The molecule has 0 bridgehead atoms.